The van der Waals surface area contributed by atoms with Crippen LogP contribution in [0.25, 0.3) is 0 Å². The third kappa shape index (κ3) is 5.29. The molecule has 1 aromatic rings. The molecule has 5 N–H and O–H groups in total. The molecule has 19 heavy (non-hydrogen) atoms. The van der Waals surface area contributed by atoms with Crippen LogP contribution in [0.4, 0.5) is 16.2 Å². The van der Waals surface area contributed by atoms with Crippen LogP contribution in [0.1, 0.15) is 26.7 Å². The average Bonchev–Trinajstić information content (AvgIpc) is 2.29. The van der Waals surface area contributed by atoms with E-state index in [4.69, 9.17) is 10.8 Å². The van der Waals surface area contributed by atoms with E-state index in [1.54, 1.807) is 38.1 Å². The number of carboxylic acid groups (broad SMARTS) is 1. The first-order valence-electron chi connectivity index (χ1n) is 5.95. The van der Waals surface area contributed by atoms with Gasteiger partial charge in [-0.25, -0.2) is 4.79 Å². The van der Waals surface area contributed by atoms with E-state index in [0.717, 1.165) is 0 Å². The average molecular weight is 265 g/mol. The van der Waals surface area contributed by atoms with E-state index < -0.39 is 17.5 Å². The number of hydrogen-bond donors (Lipinski definition) is 4. The van der Waals surface area contributed by atoms with Gasteiger partial charge >= 0.3 is 12.0 Å². The maximum Gasteiger partial charge on any atom is 0.319 e. The molecule has 104 valence electrons. The van der Waals surface area contributed by atoms with Crippen LogP contribution < -0.4 is 16.4 Å². The van der Waals surface area contributed by atoms with Gasteiger partial charge in [-0.3, -0.25) is 4.79 Å². The molecule has 0 heterocycles. The van der Waals surface area contributed by atoms with Crippen molar-refractivity contribution >= 4 is 23.4 Å². The summed E-state index contributed by atoms with van der Waals surface area (Å²) >= 11 is 0. The third-order valence-electron chi connectivity index (χ3n) is 2.62. The lowest BCUT2D eigenvalue weighted by Gasteiger charge is -2.25. The minimum Gasteiger partial charge on any atom is -0.481 e. The van der Waals surface area contributed by atoms with Crippen molar-refractivity contribution in [3.63, 3.8) is 0 Å². The Morgan fingerprint density at radius 3 is 2.53 bits per heavy atom. The van der Waals surface area contributed by atoms with Gasteiger partial charge in [-0.2, -0.15) is 0 Å². The van der Waals surface area contributed by atoms with Crippen LogP contribution in [-0.4, -0.2) is 22.6 Å². The zero-order valence-electron chi connectivity index (χ0n) is 11.1. The molecular formula is C13H19N3O3. The van der Waals surface area contributed by atoms with Crippen LogP contribution in [0.15, 0.2) is 24.3 Å². The second kappa shape index (κ2) is 6.08. The number of rotatable bonds is 5. The lowest BCUT2D eigenvalue weighted by molar-refractivity contribution is -0.137. The maximum atomic E-state index is 11.8. The van der Waals surface area contributed by atoms with Crippen LogP contribution in [-0.2, 0) is 4.79 Å². The van der Waals surface area contributed by atoms with E-state index in [9.17, 15) is 9.59 Å². The van der Waals surface area contributed by atoms with Crippen molar-refractivity contribution in [2.75, 3.05) is 11.1 Å². The third-order valence-corrected chi connectivity index (χ3v) is 2.62. The molecule has 0 saturated heterocycles. The highest BCUT2D eigenvalue weighted by Crippen LogP contribution is 2.17. The van der Waals surface area contributed by atoms with Crippen molar-refractivity contribution in [2.24, 2.45) is 0 Å². The summed E-state index contributed by atoms with van der Waals surface area (Å²) in [5.74, 6) is -0.886. The minimum atomic E-state index is -0.886. The number of carbonyl (C=O) groups excluding carboxylic acids is 1. The summed E-state index contributed by atoms with van der Waals surface area (Å²) in [5, 5.41) is 14.0. The minimum absolute atomic E-state index is 0.000750. The molecule has 6 heteroatoms. The molecule has 0 radical (unpaired) electrons. The lowest BCUT2D eigenvalue weighted by Crippen LogP contribution is -2.45. The number of urea groups is 1. The molecule has 0 unspecified atom stereocenters. The summed E-state index contributed by atoms with van der Waals surface area (Å²) in [6, 6.07) is 6.51. The van der Waals surface area contributed by atoms with Gasteiger partial charge in [-0.05, 0) is 32.4 Å². The first-order chi connectivity index (χ1) is 8.80. The van der Waals surface area contributed by atoms with E-state index in [0.29, 0.717) is 17.8 Å². The monoisotopic (exact) mass is 265 g/mol. The van der Waals surface area contributed by atoms with E-state index in [2.05, 4.69) is 10.6 Å². The second-order valence-corrected chi connectivity index (χ2v) is 4.94. The molecule has 0 aliphatic rings. The van der Waals surface area contributed by atoms with Gasteiger partial charge in [-0.1, -0.05) is 12.1 Å². The van der Waals surface area contributed by atoms with E-state index in [1.807, 2.05) is 0 Å². The van der Waals surface area contributed by atoms with Crippen molar-refractivity contribution in [3.05, 3.63) is 24.3 Å². The van der Waals surface area contributed by atoms with Crippen LogP contribution in [0, 0.1) is 0 Å². The molecule has 0 atom stereocenters. The van der Waals surface area contributed by atoms with Crippen LogP contribution in [0.2, 0.25) is 0 Å². The van der Waals surface area contributed by atoms with Gasteiger partial charge in [-0.15, -0.1) is 0 Å². The fourth-order valence-electron chi connectivity index (χ4n) is 1.55. The van der Waals surface area contributed by atoms with Crippen LogP contribution in [0.5, 0.6) is 0 Å². The fourth-order valence-corrected chi connectivity index (χ4v) is 1.55. The molecule has 0 aliphatic heterocycles. The Morgan fingerprint density at radius 1 is 1.32 bits per heavy atom. The highest BCUT2D eigenvalue weighted by Gasteiger charge is 2.21. The van der Waals surface area contributed by atoms with Gasteiger partial charge in [0.05, 0.1) is 11.4 Å². The number of aliphatic carboxylic acids is 1. The Bertz CT molecular complexity index is 472. The molecule has 0 spiro atoms. The van der Waals surface area contributed by atoms with E-state index in [1.165, 1.54) is 0 Å². The summed E-state index contributed by atoms with van der Waals surface area (Å²) < 4.78 is 0. The molecule has 0 saturated carbocycles. The summed E-state index contributed by atoms with van der Waals surface area (Å²) in [5.41, 5.74) is 6.10. The molecule has 0 bridgehead atoms. The number of nitrogens with two attached hydrogens (primary N) is 1. The molecule has 1 rings (SSSR count). The van der Waals surface area contributed by atoms with Gasteiger partial charge in [0.25, 0.3) is 0 Å². The van der Waals surface area contributed by atoms with Gasteiger partial charge in [0.1, 0.15) is 0 Å². The van der Waals surface area contributed by atoms with Crippen molar-refractivity contribution in [1.82, 2.24) is 5.32 Å². The Morgan fingerprint density at radius 2 is 1.95 bits per heavy atom. The number of nitrogens with one attached hydrogen (secondary N) is 2. The van der Waals surface area contributed by atoms with Crippen LogP contribution in [0.3, 0.4) is 0 Å². The maximum absolute atomic E-state index is 11.8. The quantitative estimate of drug-likeness (QED) is 0.611. The molecule has 2 amide bonds. The van der Waals surface area contributed by atoms with E-state index >= 15 is 0 Å². The molecule has 6 nitrogen and oxygen atoms in total. The van der Waals surface area contributed by atoms with Crippen molar-refractivity contribution < 1.29 is 14.7 Å². The van der Waals surface area contributed by atoms with E-state index in [-0.39, 0.29) is 6.42 Å². The standard InChI is InChI=1S/C13H19N3O3/c1-13(2,8-7-11(17)18)16-12(19)15-10-6-4-3-5-9(10)14/h3-6H,7-8,14H2,1-2H3,(H,17,18)(H2,15,16,19). The number of amides is 2. The van der Waals surface area contributed by atoms with Gasteiger partial charge in [0.2, 0.25) is 0 Å². The van der Waals surface area contributed by atoms with Gasteiger partial charge in [0, 0.05) is 12.0 Å². The highest BCUT2D eigenvalue weighted by atomic mass is 16.4. The normalized spacial score (nSPS) is 10.8. The smallest absolute Gasteiger partial charge is 0.319 e. The molecule has 0 aromatic heterocycles. The highest BCUT2D eigenvalue weighted by molar-refractivity contribution is 5.92. The Kier molecular flexibility index (Phi) is 4.74. The molecular weight excluding hydrogens is 246 g/mol. The number of anilines is 2. The SMILES string of the molecule is CC(C)(CCC(=O)O)NC(=O)Nc1ccccc1N. The first kappa shape index (κ1) is 14.8. The fraction of sp³-hybridized carbons (Fsp3) is 0.385. The number of nitrogen functional groups attached to an aromatic ring is 1. The molecule has 0 fully saturated rings. The summed E-state index contributed by atoms with van der Waals surface area (Å²) in [6.07, 6.45) is 0.348. The summed E-state index contributed by atoms with van der Waals surface area (Å²) in [6.45, 7) is 3.54. The number of carbonyl (C=O) groups is 2. The Labute approximate surface area is 112 Å². The number of carboxylic acids is 1. The zero-order valence-corrected chi connectivity index (χ0v) is 11.1. The first-order valence-corrected chi connectivity index (χ1v) is 5.95. The summed E-state index contributed by atoms with van der Waals surface area (Å²) in [4.78, 5) is 22.3. The molecule has 0 aliphatic carbocycles. The molecule has 1 aromatic carbocycles. The van der Waals surface area contributed by atoms with Gasteiger partial charge < -0.3 is 21.5 Å². The Balaban J connectivity index is 2.55. The summed E-state index contributed by atoms with van der Waals surface area (Å²) in [7, 11) is 0. The number of benzene rings is 1. The van der Waals surface area contributed by atoms with Crippen molar-refractivity contribution in [2.45, 2.75) is 32.2 Å². The Hall–Kier alpha value is -2.24. The van der Waals surface area contributed by atoms with Crippen LogP contribution >= 0.6 is 0 Å². The number of hydrogen-bond acceptors (Lipinski definition) is 3. The number of para-hydroxylation sites is 2. The largest absolute Gasteiger partial charge is 0.481 e. The lowest BCUT2D eigenvalue weighted by atomic mass is 9.99. The predicted octanol–water partition coefficient (Wildman–Crippen LogP) is 2.03. The van der Waals surface area contributed by atoms with Crippen molar-refractivity contribution in [3.8, 4) is 0 Å². The predicted molar refractivity (Wildman–Crippen MR) is 74.0 cm³/mol. The zero-order chi connectivity index (χ0) is 14.5. The topological polar surface area (TPSA) is 104 Å². The second-order valence-electron chi connectivity index (χ2n) is 4.94. The van der Waals surface area contributed by atoms with Gasteiger partial charge in [0.15, 0.2) is 0 Å². The van der Waals surface area contributed by atoms with Crippen molar-refractivity contribution in [1.29, 1.82) is 0 Å².